The minimum absolute atomic E-state index is 0.706. The van der Waals surface area contributed by atoms with Crippen LogP contribution in [-0.4, -0.2) is 96.7 Å². The first-order valence-corrected chi connectivity index (χ1v) is 8.65. The van der Waals surface area contributed by atoms with E-state index in [1.807, 2.05) is 0 Å². The van der Waals surface area contributed by atoms with E-state index in [4.69, 9.17) is 51.1 Å². The van der Waals surface area contributed by atoms with Gasteiger partial charge in [-0.15, -0.1) is 0 Å². The summed E-state index contributed by atoms with van der Waals surface area (Å²) in [5.41, 5.74) is 10.6. The Morgan fingerprint density at radius 2 is 0.655 bits per heavy atom. The molecule has 0 saturated heterocycles. The molecule has 13 heteroatoms. The minimum atomic E-state index is -0.833. The van der Waals surface area contributed by atoms with Crippen LogP contribution >= 0.6 is 0 Å². The van der Waals surface area contributed by atoms with Crippen molar-refractivity contribution in [1.82, 2.24) is 16.0 Å². The highest BCUT2D eigenvalue weighted by atomic mass is 16.4. The second-order valence-corrected chi connectivity index (χ2v) is 4.90. The van der Waals surface area contributed by atoms with Crippen LogP contribution in [0.4, 0.5) is 0 Å². The number of hydrogen-bond acceptors (Lipinski definition) is 9. The lowest BCUT2D eigenvalue weighted by Crippen LogP contribution is -2.35. The van der Waals surface area contributed by atoms with Crippen molar-refractivity contribution in [2.24, 2.45) is 11.5 Å². The van der Waals surface area contributed by atoms with Gasteiger partial charge in [-0.2, -0.15) is 0 Å². The Balaban J connectivity index is -0.0000000984. The highest BCUT2D eigenvalue weighted by Crippen LogP contribution is 1.60. The molecule has 0 aliphatic carbocycles. The predicted molar refractivity (Wildman–Crippen MR) is 110 cm³/mol. The van der Waals surface area contributed by atoms with Crippen LogP contribution in [0.15, 0.2) is 0 Å². The summed E-state index contributed by atoms with van der Waals surface area (Å²) in [7, 11) is 0. The molecule has 0 aromatic rings. The van der Waals surface area contributed by atoms with Crippen molar-refractivity contribution in [3.63, 3.8) is 0 Å². The molecular weight excluding hydrogens is 390 g/mol. The van der Waals surface area contributed by atoms with Gasteiger partial charge < -0.3 is 47.8 Å². The van der Waals surface area contributed by atoms with Crippen LogP contribution in [0.1, 0.15) is 27.7 Å². The maximum absolute atomic E-state index is 9.00. The molecule has 0 bridgehead atoms. The third-order valence-corrected chi connectivity index (χ3v) is 1.60. The molecule has 0 heterocycles. The first kappa shape index (κ1) is 37.4. The number of carboxylic acid groups (broad SMARTS) is 4. The van der Waals surface area contributed by atoms with E-state index in [0.717, 1.165) is 67.0 Å². The molecule has 0 radical (unpaired) electrons. The Morgan fingerprint density at radius 1 is 0.517 bits per heavy atom. The highest BCUT2D eigenvalue weighted by molar-refractivity contribution is 5.63. The van der Waals surface area contributed by atoms with E-state index < -0.39 is 23.9 Å². The summed E-state index contributed by atoms with van der Waals surface area (Å²) in [6, 6.07) is 0. The van der Waals surface area contributed by atoms with Crippen LogP contribution in [0.5, 0.6) is 0 Å². The predicted octanol–water partition coefficient (Wildman–Crippen LogP) is -1.96. The van der Waals surface area contributed by atoms with Gasteiger partial charge in [0.1, 0.15) is 0 Å². The van der Waals surface area contributed by atoms with Crippen molar-refractivity contribution in [2.45, 2.75) is 27.7 Å². The summed E-state index contributed by atoms with van der Waals surface area (Å²) < 4.78 is 0. The zero-order chi connectivity index (χ0) is 24.1. The van der Waals surface area contributed by atoms with Crippen molar-refractivity contribution >= 4 is 23.9 Å². The Hall–Kier alpha value is -2.32. The number of rotatable bonds is 10. The van der Waals surface area contributed by atoms with Gasteiger partial charge in [0.2, 0.25) is 0 Å². The van der Waals surface area contributed by atoms with E-state index >= 15 is 0 Å². The van der Waals surface area contributed by atoms with Crippen LogP contribution in [0, 0.1) is 0 Å². The normalized spacial score (nSPS) is 8.21. The van der Waals surface area contributed by atoms with Gasteiger partial charge in [0.25, 0.3) is 23.9 Å². The summed E-state index contributed by atoms with van der Waals surface area (Å²) in [5.74, 6) is -3.33. The smallest absolute Gasteiger partial charge is 0.300 e. The Kier molecular flexibility index (Phi) is 47.2. The molecule has 0 rings (SSSR count). The second kappa shape index (κ2) is 36.6. The van der Waals surface area contributed by atoms with Crippen molar-refractivity contribution < 1.29 is 39.6 Å². The fourth-order valence-corrected chi connectivity index (χ4v) is 0.933. The molecule has 0 spiro atoms. The molecule has 11 N–H and O–H groups in total. The van der Waals surface area contributed by atoms with Crippen molar-refractivity contribution in [2.75, 3.05) is 52.4 Å². The van der Waals surface area contributed by atoms with Gasteiger partial charge in [0.15, 0.2) is 0 Å². The topological polar surface area (TPSA) is 237 Å². The number of hydrogen-bond donors (Lipinski definition) is 9. The Bertz CT molecular complexity index is 310. The SMILES string of the molecule is CC(=O)O.CC(=O)O.CC(=O)O.CC(=O)O.NCCNCCNCCNCCN. The standard InChI is InChI=1S/C8H23N5.4C2H4O2/c9-1-3-11-5-7-13-8-6-12-4-2-10;4*1-2(3)4/h11-13H,1-10H2;4*1H3,(H,3,4). The molecule has 0 saturated carbocycles. The van der Waals surface area contributed by atoms with E-state index in [-0.39, 0.29) is 0 Å². The third kappa shape index (κ3) is 244. The van der Waals surface area contributed by atoms with Crippen LogP contribution < -0.4 is 27.4 Å². The van der Waals surface area contributed by atoms with Crippen molar-refractivity contribution in [3.05, 3.63) is 0 Å². The van der Waals surface area contributed by atoms with E-state index in [9.17, 15) is 0 Å². The molecule has 0 aliphatic heterocycles. The second-order valence-electron chi connectivity index (χ2n) is 4.90. The Morgan fingerprint density at radius 3 is 0.793 bits per heavy atom. The van der Waals surface area contributed by atoms with Crippen LogP contribution in [0.2, 0.25) is 0 Å². The largest absolute Gasteiger partial charge is 0.481 e. The molecule has 0 amide bonds. The number of nitrogens with two attached hydrogens (primary N) is 2. The van der Waals surface area contributed by atoms with Crippen molar-refractivity contribution in [1.29, 1.82) is 0 Å². The van der Waals surface area contributed by atoms with Gasteiger partial charge in [0.05, 0.1) is 0 Å². The van der Waals surface area contributed by atoms with Gasteiger partial charge in [-0.3, -0.25) is 19.2 Å². The maximum atomic E-state index is 9.00. The molecule has 0 aliphatic rings. The van der Waals surface area contributed by atoms with E-state index in [1.54, 1.807) is 0 Å². The number of carbonyl (C=O) groups is 4. The molecule has 0 aromatic heterocycles. The van der Waals surface area contributed by atoms with Gasteiger partial charge in [-0.05, 0) is 0 Å². The van der Waals surface area contributed by atoms with E-state index in [2.05, 4.69) is 16.0 Å². The first-order valence-electron chi connectivity index (χ1n) is 8.65. The van der Waals surface area contributed by atoms with Crippen molar-refractivity contribution in [3.8, 4) is 0 Å². The summed E-state index contributed by atoms with van der Waals surface area (Å²) in [6.45, 7) is 11.5. The third-order valence-electron chi connectivity index (χ3n) is 1.60. The number of carboxylic acids is 4. The summed E-state index contributed by atoms with van der Waals surface area (Å²) in [6.07, 6.45) is 0. The number of nitrogens with one attached hydrogen (secondary N) is 3. The average Bonchev–Trinajstić information content (AvgIpc) is 2.51. The van der Waals surface area contributed by atoms with E-state index in [0.29, 0.717) is 13.1 Å². The number of aliphatic carboxylic acids is 4. The fraction of sp³-hybridized carbons (Fsp3) is 0.750. The Labute approximate surface area is 171 Å². The molecule has 176 valence electrons. The molecule has 29 heavy (non-hydrogen) atoms. The fourth-order valence-electron chi connectivity index (χ4n) is 0.933. The summed E-state index contributed by atoms with van der Waals surface area (Å²) >= 11 is 0. The molecule has 0 fully saturated rings. The van der Waals surface area contributed by atoms with Gasteiger partial charge in [0, 0.05) is 80.1 Å². The zero-order valence-corrected chi connectivity index (χ0v) is 17.7. The first-order chi connectivity index (χ1) is 13.3. The van der Waals surface area contributed by atoms with Gasteiger partial charge in [-0.1, -0.05) is 0 Å². The molecule has 0 unspecified atom stereocenters. The quantitative estimate of drug-likeness (QED) is 0.172. The van der Waals surface area contributed by atoms with Crippen LogP contribution in [-0.2, 0) is 19.2 Å². The summed E-state index contributed by atoms with van der Waals surface area (Å²) in [5, 5.41) is 39.4. The van der Waals surface area contributed by atoms with Gasteiger partial charge >= 0.3 is 0 Å². The zero-order valence-electron chi connectivity index (χ0n) is 17.7. The minimum Gasteiger partial charge on any atom is -0.481 e. The van der Waals surface area contributed by atoms with Crippen LogP contribution in [0.3, 0.4) is 0 Å². The summed E-state index contributed by atoms with van der Waals surface area (Å²) in [4.78, 5) is 36.0. The lowest BCUT2D eigenvalue weighted by atomic mass is 10.5. The maximum Gasteiger partial charge on any atom is 0.300 e. The molecule has 13 nitrogen and oxygen atoms in total. The molecule has 0 atom stereocenters. The molecule has 0 aromatic carbocycles. The average molecular weight is 430 g/mol. The lowest BCUT2D eigenvalue weighted by Gasteiger charge is -2.06. The van der Waals surface area contributed by atoms with E-state index in [1.165, 1.54) is 0 Å². The monoisotopic (exact) mass is 429 g/mol. The van der Waals surface area contributed by atoms with Crippen LogP contribution in [0.25, 0.3) is 0 Å². The molecular formula is C16H39N5O8. The lowest BCUT2D eigenvalue weighted by molar-refractivity contribution is -0.135. The van der Waals surface area contributed by atoms with Gasteiger partial charge in [-0.25, -0.2) is 0 Å². The highest BCUT2D eigenvalue weighted by Gasteiger charge is 1.87.